The highest BCUT2D eigenvalue weighted by Crippen LogP contribution is 2.14. The number of nitrogens with zero attached hydrogens (tertiary/aromatic N) is 2. The van der Waals surface area contributed by atoms with Crippen LogP contribution in [0.3, 0.4) is 0 Å². The Hall–Kier alpha value is -1.30. The molecule has 0 radical (unpaired) electrons. The minimum atomic E-state index is -0.406. The number of carbonyl (C=O) groups is 2. The maximum Gasteiger partial charge on any atom is 0.325 e. The minimum Gasteiger partial charge on any atom is -0.465 e. The lowest BCUT2D eigenvalue weighted by atomic mass is 10.3. The fourth-order valence-corrected chi connectivity index (χ4v) is 1.93. The van der Waals surface area contributed by atoms with Crippen LogP contribution in [-0.4, -0.2) is 41.5 Å². The van der Waals surface area contributed by atoms with Gasteiger partial charge in [-0.1, -0.05) is 0 Å². The van der Waals surface area contributed by atoms with Gasteiger partial charge in [0.25, 0.3) is 5.91 Å². The second-order valence-corrected chi connectivity index (χ2v) is 4.54. The number of aromatic nitrogens is 1. The SMILES string of the molecule is CCOC(=O)CN(C)C(=O)c1cc(Br)cn1C. The van der Waals surface area contributed by atoms with Crippen molar-refractivity contribution in [3.8, 4) is 0 Å². The molecule has 0 unspecified atom stereocenters. The van der Waals surface area contributed by atoms with Gasteiger partial charge in [0.1, 0.15) is 12.2 Å². The van der Waals surface area contributed by atoms with E-state index in [4.69, 9.17) is 4.74 Å². The van der Waals surface area contributed by atoms with Crippen LogP contribution in [0.2, 0.25) is 0 Å². The van der Waals surface area contributed by atoms with Gasteiger partial charge in [-0.25, -0.2) is 0 Å². The first-order valence-electron chi connectivity index (χ1n) is 5.18. The van der Waals surface area contributed by atoms with Crippen LogP contribution < -0.4 is 0 Å². The van der Waals surface area contributed by atoms with E-state index in [-0.39, 0.29) is 12.5 Å². The molecule has 1 aromatic rings. The third-order valence-corrected chi connectivity index (χ3v) is 2.64. The summed E-state index contributed by atoms with van der Waals surface area (Å²) in [5.41, 5.74) is 0.517. The largest absolute Gasteiger partial charge is 0.465 e. The van der Waals surface area contributed by atoms with E-state index < -0.39 is 5.97 Å². The average Bonchev–Trinajstić information content (AvgIpc) is 2.56. The Morgan fingerprint density at radius 1 is 1.53 bits per heavy atom. The molecule has 0 aromatic carbocycles. The van der Waals surface area contributed by atoms with Crippen LogP contribution in [0, 0.1) is 0 Å². The summed E-state index contributed by atoms with van der Waals surface area (Å²) in [6.07, 6.45) is 1.78. The average molecular weight is 303 g/mol. The van der Waals surface area contributed by atoms with Crippen LogP contribution >= 0.6 is 15.9 Å². The predicted octanol–water partition coefficient (Wildman–Crippen LogP) is 1.42. The van der Waals surface area contributed by atoms with Crippen LogP contribution in [0.1, 0.15) is 17.4 Å². The summed E-state index contributed by atoms with van der Waals surface area (Å²) in [6, 6.07) is 1.71. The minimum absolute atomic E-state index is 0.0462. The summed E-state index contributed by atoms with van der Waals surface area (Å²) in [4.78, 5) is 24.6. The zero-order chi connectivity index (χ0) is 13.0. The second kappa shape index (κ2) is 5.86. The maximum absolute atomic E-state index is 12.0. The molecule has 0 aliphatic rings. The third-order valence-electron chi connectivity index (χ3n) is 2.21. The van der Waals surface area contributed by atoms with E-state index in [1.807, 2.05) is 0 Å². The van der Waals surface area contributed by atoms with Crippen LogP contribution in [0.25, 0.3) is 0 Å². The van der Waals surface area contributed by atoms with Crippen molar-refractivity contribution in [2.45, 2.75) is 6.92 Å². The van der Waals surface area contributed by atoms with Gasteiger partial charge >= 0.3 is 5.97 Å². The summed E-state index contributed by atoms with van der Waals surface area (Å²) < 4.78 is 7.31. The summed E-state index contributed by atoms with van der Waals surface area (Å²) in [7, 11) is 3.34. The van der Waals surface area contributed by atoms with Crippen molar-refractivity contribution >= 4 is 27.8 Å². The van der Waals surface area contributed by atoms with Crippen molar-refractivity contribution < 1.29 is 14.3 Å². The van der Waals surface area contributed by atoms with Crippen LogP contribution in [-0.2, 0) is 16.6 Å². The number of esters is 1. The lowest BCUT2D eigenvalue weighted by Gasteiger charge is -2.16. The summed E-state index contributed by atoms with van der Waals surface area (Å²) in [5, 5.41) is 0. The van der Waals surface area contributed by atoms with Gasteiger partial charge in [-0.2, -0.15) is 0 Å². The van der Waals surface area contributed by atoms with Crippen molar-refractivity contribution in [2.24, 2.45) is 7.05 Å². The van der Waals surface area contributed by atoms with E-state index in [1.165, 1.54) is 4.90 Å². The number of amides is 1. The Morgan fingerprint density at radius 2 is 2.18 bits per heavy atom. The Labute approximate surface area is 108 Å². The molecule has 0 atom stereocenters. The molecular formula is C11H15BrN2O3. The monoisotopic (exact) mass is 302 g/mol. The molecule has 0 bridgehead atoms. The molecular weight excluding hydrogens is 288 g/mol. The fourth-order valence-electron chi connectivity index (χ4n) is 1.40. The van der Waals surface area contributed by atoms with Gasteiger partial charge in [-0.05, 0) is 28.9 Å². The van der Waals surface area contributed by atoms with Crippen LogP contribution in [0.5, 0.6) is 0 Å². The topological polar surface area (TPSA) is 51.5 Å². The lowest BCUT2D eigenvalue weighted by molar-refractivity contribution is -0.143. The number of ether oxygens (including phenoxy) is 1. The van der Waals surface area contributed by atoms with Crippen molar-refractivity contribution in [1.82, 2.24) is 9.47 Å². The van der Waals surface area contributed by atoms with E-state index in [0.29, 0.717) is 12.3 Å². The maximum atomic E-state index is 12.0. The van der Waals surface area contributed by atoms with Gasteiger partial charge in [0.15, 0.2) is 0 Å². The van der Waals surface area contributed by atoms with Gasteiger partial charge in [-0.15, -0.1) is 0 Å². The number of hydrogen-bond donors (Lipinski definition) is 0. The molecule has 0 N–H and O–H groups in total. The first-order chi connectivity index (χ1) is 7.95. The zero-order valence-electron chi connectivity index (χ0n) is 10.1. The molecule has 0 fully saturated rings. The first kappa shape index (κ1) is 13.8. The van der Waals surface area contributed by atoms with E-state index >= 15 is 0 Å². The lowest BCUT2D eigenvalue weighted by Crippen LogP contribution is -2.34. The molecule has 94 valence electrons. The molecule has 1 aromatic heterocycles. The molecule has 0 aliphatic carbocycles. The fraction of sp³-hybridized carbons (Fsp3) is 0.455. The number of carbonyl (C=O) groups excluding carboxylic acids is 2. The van der Waals surface area contributed by atoms with Gasteiger partial charge in [0.2, 0.25) is 0 Å². The molecule has 17 heavy (non-hydrogen) atoms. The van der Waals surface area contributed by atoms with Crippen molar-refractivity contribution in [3.63, 3.8) is 0 Å². The van der Waals surface area contributed by atoms with E-state index in [2.05, 4.69) is 15.9 Å². The van der Waals surface area contributed by atoms with E-state index in [9.17, 15) is 9.59 Å². The van der Waals surface area contributed by atoms with Gasteiger partial charge in [0.05, 0.1) is 6.61 Å². The number of hydrogen-bond acceptors (Lipinski definition) is 3. The summed E-state index contributed by atoms with van der Waals surface area (Å²) >= 11 is 3.29. The normalized spacial score (nSPS) is 10.1. The first-order valence-corrected chi connectivity index (χ1v) is 5.98. The van der Waals surface area contributed by atoms with E-state index in [0.717, 1.165) is 4.47 Å². The third kappa shape index (κ3) is 3.59. The van der Waals surface area contributed by atoms with Crippen LogP contribution in [0.4, 0.5) is 0 Å². The molecule has 0 saturated carbocycles. The Bertz CT molecular complexity index is 428. The van der Waals surface area contributed by atoms with Crippen molar-refractivity contribution in [2.75, 3.05) is 20.2 Å². The predicted molar refractivity (Wildman–Crippen MR) is 66.7 cm³/mol. The van der Waals surface area contributed by atoms with Gasteiger partial charge in [-0.3, -0.25) is 9.59 Å². The molecule has 0 aliphatic heterocycles. The molecule has 1 heterocycles. The molecule has 0 spiro atoms. The zero-order valence-corrected chi connectivity index (χ0v) is 11.7. The smallest absolute Gasteiger partial charge is 0.325 e. The Kier molecular flexibility index (Phi) is 4.74. The Morgan fingerprint density at radius 3 is 2.65 bits per heavy atom. The molecule has 5 nitrogen and oxygen atoms in total. The summed E-state index contributed by atoms with van der Waals surface area (Å²) in [6.45, 7) is 2.00. The molecule has 1 amide bonds. The summed E-state index contributed by atoms with van der Waals surface area (Å²) in [5.74, 6) is -0.622. The van der Waals surface area contributed by atoms with E-state index in [1.54, 1.807) is 37.8 Å². The van der Waals surface area contributed by atoms with Gasteiger partial charge < -0.3 is 14.2 Å². The van der Waals surface area contributed by atoms with Crippen molar-refractivity contribution in [1.29, 1.82) is 0 Å². The second-order valence-electron chi connectivity index (χ2n) is 3.62. The quantitative estimate of drug-likeness (QED) is 0.791. The highest BCUT2D eigenvalue weighted by molar-refractivity contribution is 9.10. The standard InChI is InChI=1S/C11H15BrN2O3/c1-4-17-10(15)7-14(3)11(16)9-5-8(12)6-13(9)2/h5-6H,4,7H2,1-3H3. The number of aryl methyl sites for hydroxylation is 1. The highest BCUT2D eigenvalue weighted by Gasteiger charge is 2.18. The number of halogens is 1. The number of likely N-dealkylation sites (N-methyl/N-ethyl adjacent to an activating group) is 1. The molecule has 1 rings (SSSR count). The molecule has 0 saturated heterocycles. The number of rotatable bonds is 4. The van der Waals surface area contributed by atoms with Crippen molar-refractivity contribution in [3.05, 3.63) is 22.4 Å². The van der Waals surface area contributed by atoms with Crippen LogP contribution in [0.15, 0.2) is 16.7 Å². The molecule has 6 heteroatoms. The Balaban J connectivity index is 2.70. The highest BCUT2D eigenvalue weighted by atomic mass is 79.9. The van der Waals surface area contributed by atoms with Gasteiger partial charge in [0, 0.05) is 24.8 Å².